The van der Waals surface area contributed by atoms with Crippen molar-refractivity contribution in [2.24, 2.45) is 0 Å². The molecule has 2 aliphatic heterocycles. The number of aromatic nitrogens is 3. The minimum Gasteiger partial charge on any atom is -0.394 e. The van der Waals surface area contributed by atoms with Gasteiger partial charge in [0.05, 0.1) is 29.6 Å². The number of amides is 2. The van der Waals surface area contributed by atoms with Crippen LogP contribution in [0.3, 0.4) is 0 Å². The van der Waals surface area contributed by atoms with Crippen LogP contribution in [0.4, 0.5) is 10.7 Å². The third-order valence-electron chi connectivity index (χ3n) is 7.32. The van der Waals surface area contributed by atoms with Gasteiger partial charge in [0.25, 0.3) is 0 Å². The lowest BCUT2D eigenvalue weighted by Gasteiger charge is -2.33. The van der Waals surface area contributed by atoms with Crippen molar-refractivity contribution in [3.63, 3.8) is 0 Å². The number of carbonyl (C=O) groups excluding carboxylic acids is 2. The number of hydrogen-bond acceptors (Lipinski definition) is 7. The molecule has 1 fully saturated rings. The number of aryl methyl sites for hydroxylation is 1. The summed E-state index contributed by atoms with van der Waals surface area (Å²) in [5.41, 5.74) is 3.91. The quantitative estimate of drug-likeness (QED) is 0.390. The van der Waals surface area contributed by atoms with Crippen molar-refractivity contribution >= 4 is 29.5 Å². The van der Waals surface area contributed by atoms with Crippen molar-refractivity contribution in [1.82, 2.24) is 24.8 Å². The molecule has 10 nitrogen and oxygen atoms in total. The van der Waals surface area contributed by atoms with Gasteiger partial charge in [-0.05, 0) is 38.3 Å². The van der Waals surface area contributed by atoms with Crippen LogP contribution in [0.2, 0.25) is 5.02 Å². The summed E-state index contributed by atoms with van der Waals surface area (Å²) in [5.74, 6) is 0.151. The summed E-state index contributed by atoms with van der Waals surface area (Å²) in [6.07, 6.45) is 5.60. The maximum Gasteiger partial charge on any atom is 0.329 e. The van der Waals surface area contributed by atoms with Gasteiger partial charge in [-0.2, -0.15) is 0 Å². The number of aliphatic hydroxyl groups is 1. The maximum absolute atomic E-state index is 13.5. The molecular formula is C28H33ClN6O4. The molecule has 0 unspecified atom stereocenters. The zero-order valence-corrected chi connectivity index (χ0v) is 22.8. The molecule has 3 aromatic rings. The lowest BCUT2D eigenvalue weighted by atomic mass is 10.0. The van der Waals surface area contributed by atoms with Gasteiger partial charge in [0.2, 0.25) is 11.9 Å². The average molecular weight is 553 g/mol. The summed E-state index contributed by atoms with van der Waals surface area (Å²) in [7, 11) is 0. The Hall–Kier alpha value is -3.47. The van der Waals surface area contributed by atoms with Gasteiger partial charge in [0.1, 0.15) is 6.04 Å². The van der Waals surface area contributed by atoms with E-state index in [2.05, 4.69) is 20.6 Å². The lowest BCUT2D eigenvalue weighted by Crippen LogP contribution is -2.52. The van der Waals surface area contributed by atoms with Crippen LogP contribution in [0.1, 0.15) is 42.6 Å². The Morgan fingerprint density at radius 1 is 1.28 bits per heavy atom. The Labute approximate surface area is 232 Å². The fraction of sp³-hybridized carbons (Fsp3) is 0.429. The van der Waals surface area contributed by atoms with Gasteiger partial charge in [0.15, 0.2) is 0 Å². The fourth-order valence-corrected chi connectivity index (χ4v) is 5.26. The number of nitrogens with zero attached hydrogens (tertiary/aromatic N) is 4. The highest BCUT2D eigenvalue weighted by molar-refractivity contribution is 6.32. The summed E-state index contributed by atoms with van der Waals surface area (Å²) in [6.45, 7) is 5.20. The van der Waals surface area contributed by atoms with E-state index in [1.807, 2.05) is 37.3 Å². The zero-order valence-electron chi connectivity index (χ0n) is 22.1. The van der Waals surface area contributed by atoms with E-state index in [9.17, 15) is 14.7 Å². The van der Waals surface area contributed by atoms with E-state index in [0.29, 0.717) is 48.4 Å². The first-order valence-electron chi connectivity index (χ1n) is 13.2. The van der Waals surface area contributed by atoms with Crippen LogP contribution in [0.5, 0.6) is 0 Å². The highest BCUT2D eigenvalue weighted by atomic mass is 35.5. The number of anilines is 1. The smallest absolute Gasteiger partial charge is 0.329 e. The third-order valence-corrected chi connectivity index (χ3v) is 7.60. The summed E-state index contributed by atoms with van der Waals surface area (Å²) in [6, 6.07) is 8.18. The molecule has 2 aliphatic rings. The molecule has 0 spiro atoms. The molecule has 11 heteroatoms. The molecule has 39 heavy (non-hydrogen) atoms. The minimum atomic E-state index is -0.728. The molecule has 0 aliphatic carbocycles. The summed E-state index contributed by atoms with van der Waals surface area (Å²) < 4.78 is 6.97. The van der Waals surface area contributed by atoms with Crippen molar-refractivity contribution in [3.05, 3.63) is 64.6 Å². The second-order valence-corrected chi connectivity index (χ2v) is 10.5. The molecule has 3 N–H and O–H groups in total. The molecule has 4 heterocycles. The molecule has 0 radical (unpaired) electrons. The van der Waals surface area contributed by atoms with Gasteiger partial charge >= 0.3 is 6.03 Å². The highest BCUT2D eigenvalue weighted by Gasteiger charge is 2.33. The van der Waals surface area contributed by atoms with E-state index >= 15 is 0 Å². The molecule has 2 amide bonds. The normalized spacial score (nSPS) is 17.4. The largest absolute Gasteiger partial charge is 0.394 e. The minimum absolute atomic E-state index is 0.231. The number of nitrogens with one attached hydrogen (secondary N) is 2. The number of ether oxygens (including phenoxy) is 1. The average Bonchev–Trinajstić information content (AvgIpc) is 3.38. The van der Waals surface area contributed by atoms with Crippen LogP contribution in [0.25, 0.3) is 11.3 Å². The van der Waals surface area contributed by atoms with Crippen LogP contribution in [0, 0.1) is 6.92 Å². The SMILES string of the molecule is Cc1cccc([C@@H](CO)NC(=O)[C@@H](C)N2CCc3cc(-c4nc(NC5CCOCC5)ncc4Cl)cn3C2=O)c1. The van der Waals surface area contributed by atoms with Gasteiger partial charge in [0, 0.05) is 49.7 Å². The van der Waals surface area contributed by atoms with E-state index < -0.39 is 12.1 Å². The van der Waals surface area contributed by atoms with Gasteiger partial charge in [-0.15, -0.1) is 0 Å². The van der Waals surface area contributed by atoms with E-state index in [1.165, 1.54) is 4.90 Å². The molecule has 2 atom stereocenters. The predicted octanol–water partition coefficient (Wildman–Crippen LogP) is 3.56. The lowest BCUT2D eigenvalue weighted by molar-refractivity contribution is -0.126. The first kappa shape index (κ1) is 27.1. The first-order valence-corrected chi connectivity index (χ1v) is 13.6. The number of fused-ring (bicyclic) bond motifs is 1. The van der Waals surface area contributed by atoms with E-state index in [4.69, 9.17) is 16.3 Å². The van der Waals surface area contributed by atoms with E-state index in [1.54, 1.807) is 23.9 Å². The number of rotatable bonds is 8. The Morgan fingerprint density at radius 3 is 2.82 bits per heavy atom. The standard InChI is InChI=1S/C28H33ClN6O4/c1-17-4-3-5-19(12-17)24(16-36)32-26(37)18(2)34-9-6-22-13-20(15-35(22)28(34)38)25-23(29)14-30-27(33-25)31-21-7-10-39-11-8-21/h3-5,12-15,18,21,24,36H,6-11,16H2,1-2H3,(H,32,37)(H,30,31,33)/t18-,24-/m1/s1. The molecule has 1 saturated heterocycles. The van der Waals surface area contributed by atoms with Crippen LogP contribution < -0.4 is 10.6 Å². The fourth-order valence-electron chi connectivity index (χ4n) is 5.06. The Balaban J connectivity index is 1.30. The third kappa shape index (κ3) is 5.93. The molecule has 0 saturated carbocycles. The van der Waals surface area contributed by atoms with Crippen molar-refractivity contribution in [2.45, 2.75) is 51.2 Å². The monoisotopic (exact) mass is 552 g/mol. The predicted molar refractivity (Wildman–Crippen MR) is 148 cm³/mol. The highest BCUT2D eigenvalue weighted by Crippen LogP contribution is 2.30. The molecule has 206 valence electrons. The maximum atomic E-state index is 13.5. The number of carbonyl (C=O) groups is 2. The van der Waals surface area contributed by atoms with Crippen LogP contribution in [-0.4, -0.2) is 74.9 Å². The van der Waals surface area contributed by atoms with Gasteiger partial charge in [-0.1, -0.05) is 41.4 Å². The zero-order chi connectivity index (χ0) is 27.5. The summed E-state index contributed by atoms with van der Waals surface area (Å²) in [5, 5.41) is 16.5. The van der Waals surface area contributed by atoms with Crippen molar-refractivity contribution in [2.75, 3.05) is 31.7 Å². The van der Waals surface area contributed by atoms with Gasteiger partial charge < -0.3 is 25.4 Å². The molecule has 1 aromatic carbocycles. The Bertz CT molecular complexity index is 1360. The second-order valence-electron chi connectivity index (χ2n) is 10.1. The number of hydrogen-bond donors (Lipinski definition) is 3. The number of benzene rings is 1. The van der Waals surface area contributed by atoms with Crippen LogP contribution in [-0.2, 0) is 16.0 Å². The topological polar surface area (TPSA) is 122 Å². The van der Waals surface area contributed by atoms with Gasteiger partial charge in [-0.3, -0.25) is 9.36 Å². The van der Waals surface area contributed by atoms with Crippen LogP contribution >= 0.6 is 11.6 Å². The van der Waals surface area contributed by atoms with Gasteiger partial charge in [-0.25, -0.2) is 14.8 Å². The molecule has 0 bridgehead atoms. The molecule has 2 aromatic heterocycles. The first-order chi connectivity index (χ1) is 18.8. The van der Waals surface area contributed by atoms with E-state index in [0.717, 1.165) is 29.7 Å². The molecular weight excluding hydrogens is 520 g/mol. The van der Waals surface area contributed by atoms with Crippen molar-refractivity contribution < 1.29 is 19.4 Å². The summed E-state index contributed by atoms with van der Waals surface area (Å²) >= 11 is 6.47. The van der Waals surface area contributed by atoms with Crippen molar-refractivity contribution in [1.29, 1.82) is 0 Å². The van der Waals surface area contributed by atoms with E-state index in [-0.39, 0.29) is 24.6 Å². The number of halogens is 1. The summed E-state index contributed by atoms with van der Waals surface area (Å²) in [4.78, 5) is 37.1. The van der Waals surface area contributed by atoms with Crippen LogP contribution in [0.15, 0.2) is 42.7 Å². The Kier molecular flexibility index (Phi) is 8.15. The van der Waals surface area contributed by atoms with Crippen molar-refractivity contribution in [3.8, 4) is 11.3 Å². The number of aliphatic hydroxyl groups excluding tert-OH is 1. The second kappa shape index (κ2) is 11.7. The Morgan fingerprint density at radius 2 is 2.08 bits per heavy atom. The molecule has 5 rings (SSSR count).